The molecule has 1 fully saturated rings. The van der Waals surface area contributed by atoms with Crippen LogP contribution in [0.5, 0.6) is 0 Å². The Labute approximate surface area is 145 Å². The predicted octanol–water partition coefficient (Wildman–Crippen LogP) is 2.84. The van der Waals surface area contributed by atoms with Crippen molar-refractivity contribution in [1.82, 2.24) is 15.0 Å². The molecule has 2 aromatic rings. The molecule has 0 spiro atoms. The van der Waals surface area contributed by atoms with Gasteiger partial charge >= 0.3 is 0 Å². The lowest BCUT2D eigenvalue weighted by molar-refractivity contribution is -0.0125. The summed E-state index contributed by atoms with van der Waals surface area (Å²) in [5.74, 6) is 1.50. The Kier molecular flexibility index (Phi) is 5.20. The molecular formula is C17H21N3O3S. The smallest absolute Gasteiger partial charge is 0.256 e. The summed E-state index contributed by atoms with van der Waals surface area (Å²) >= 11 is 1.54. The van der Waals surface area contributed by atoms with E-state index in [-0.39, 0.29) is 12.0 Å². The fraction of sp³-hybridized carbons (Fsp3) is 0.471. The number of ether oxygens (including phenoxy) is 1. The van der Waals surface area contributed by atoms with E-state index < -0.39 is 0 Å². The Morgan fingerprint density at radius 1 is 1.46 bits per heavy atom. The Bertz CT molecular complexity index is 712. The molecule has 0 radical (unpaired) electrons. The van der Waals surface area contributed by atoms with Crippen LogP contribution in [0.25, 0.3) is 0 Å². The maximum Gasteiger partial charge on any atom is 0.256 e. The van der Waals surface area contributed by atoms with E-state index in [9.17, 15) is 4.79 Å². The van der Waals surface area contributed by atoms with E-state index in [2.05, 4.69) is 10.1 Å². The number of aryl methyl sites for hydroxylation is 2. The van der Waals surface area contributed by atoms with Crippen LogP contribution < -0.4 is 0 Å². The average Bonchev–Trinajstić information content (AvgIpc) is 2.91. The van der Waals surface area contributed by atoms with Gasteiger partial charge in [0.25, 0.3) is 5.91 Å². The number of amides is 1. The van der Waals surface area contributed by atoms with Gasteiger partial charge in [0.1, 0.15) is 10.8 Å². The van der Waals surface area contributed by atoms with Gasteiger partial charge in [0.05, 0.1) is 24.0 Å². The van der Waals surface area contributed by atoms with Crippen molar-refractivity contribution in [3.8, 4) is 0 Å². The lowest BCUT2D eigenvalue weighted by Crippen LogP contribution is -2.44. The van der Waals surface area contributed by atoms with Gasteiger partial charge in [-0.3, -0.25) is 4.79 Å². The van der Waals surface area contributed by atoms with Crippen LogP contribution in [0.15, 0.2) is 27.9 Å². The van der Waals surface area contributed by atoms with Crippen molar-refractivity contribution in [1.29, 1.82) is 0 Å². The molecule has 0 N–H and O–H groups in total. The summed E-state index contributed by atoms with van der Waals surface area (Å²) in [7, 11) is 0. The summed E-state index contributed by atoms with van der Waals surface area (Å²) in [6, 6.07) is 3.64. The molecule has 0 aromatic carbocycles. The van der Waals surface area contributed by atoms with Crippen molar-refractivity contribution in [2.45, 2.75) is 37.7 Å². The van der Waals surface area contributed by atoms with Gasteiger partial charge in [-0.25, -0.2) is 4.98 Å². The van der Waals surface area contributed by atoms with Crippen LogP contribution in [0, 0.1) is 13.8 Å². The molecule has 3 rings (SSSR count). The molecule has 128 valence electrons. The van der Waals surface area contributed by atoms with Crippen LogP contribution in [0.2, 0.25) is 0 Å². The first-order chi connectivity index (χ1) is 11.6. The van der Waals surface area contributed by atoms with Crippen molar-refractivity contribution in [2.24, 2.45) is 0 Å². The molecule has 6 nitrogen and oxygen atoms in total. The van der Waals surface area contributed by atoms with Crippen molar-refractivity contribution >= 4 is 17.7 Å². The highest BCUT2D eigenvalue weighted by molar-refractivity contribution is 7.98. The van der Waals surface area contributed by atoms with Gasteiger partial charge in [-0.1, -0.05) is 5.16 Å². The number of aromatic nitrogens is 2. The molecule has 1 aliphatic rings. The number of morpholine rings is 1. The van der Waals surface area contributed by atoms with E-state index in [1.165, 1.54) is 11.8 Å². The highest BCUT2D eigenvalue weighted by Gasteiger charge is 2.25. The summed E-state index contributed by atoms with van der Waals surface area (Å²) in [5.41, 5.74) is 2.58. The molecule has 0 bridgehead atoms. The third kappa shape index (κ3) is 3.62. The molecule has 2 aromatic heterocycles. The van der Waals surface area contributed by atoms with Crippen LogP contribution in [0.1, 0.15) is 34.3 Å². The number of rotatable bonds is 4. The zero-order chi connectivity index (χ0) is 17.1. The van der Waals surface area contributed by atoms with E-state index in [4.69, 9.17) is 9.26 Å². The molecule has 7 heteroatoms. The van der Waals surface area contributed by atoms with Gasteiger partial charge < -0.3 is 14.2 Å². The van der Waals surface area contributed by atoms with Gasteiger partial charge in [-0.2, -0.15) is 0 Å². The lowest BCUT2D eigenvalue weighted by atomic mass is 10.2. The first-order valence-corrected chi connectivity index (χ1v) is 8.95. The summed E-state index contributed by atoms with van der Waals surface area (Å²) < 4.78 is 10.7. The fourth-order valence-electron chi connectivity index (χ4n) is 2.69. The first kappa shape index (κ1) is 17.0. The maximum absolute atomic E-state index is 12.8. The Hall–Kier alpha value is -1.86. The van der Waals surface area contributed by atoms with Gasteiger partial charge in [-0.05, 0) is 32.9 Å². The Morgan fingerprint density at radius 3 is 3.00 bits per heavy atom. The van der Waals surface area contributed by atoms with Crippen LogP contribution in [-0.4, -0.2) is 46.7 Å². The molecule has 0 unspecified atom stereocenters. The molecule has 3 heterocycles. The second kappa shape index (κ2) is 7.36. The Morgan fingerprint density at radius 2 is 2.29 bits per heavy atom. The Balaban J connectivity index is 1.76. The zero-order valence-electron chi connectivity index (χ0n) is 14.1. The van der Waals surface area contributed by atoms with Gasteiger partial charge in [0.15, 0.2) is 0 Å². The number of carbonyl (C=O) groups excluding carboxylic acids is 1. The second-order valence-electron chi connectivity index (χ2n) is 5.88. The monoisotopic (exact) mass is 347 g/mol. The molecule has 0 saturated carbocycles. The SMILES string of the molecule is Cc1noc(C)c1CSc1ncccc1C(=O)N1CCO[C@H](C)C1. The number of carbonyl (C=O) groups is 1. The zero-order valence-corrected chi connectivity index (χ0v) is 14.9. The minimum atomic E-state index is 0.0134. The second-order valence-corrected chi connectivity index (χ2v) is 6.84. The lowest BCUT2D eigenvalue weighted by Gasteiger charge is -2.31. The van der Waals surface area contributed by atoms with E-state index in [1.54, 1.807) is 12.3 Å². The topological polar surface area (TPSA) is 68.5 Å². The number of pyridine rings is 1. The number of hydrogen-bond acceptors (Lipinski definition) is 6. The van der Waals surface area contributed by atoms with E-state index >= 15 is 0 Å². The van der Waals surface area contributed by atoms with Crippen molar-refractivity contribution in [2.75, 3.05) is 19.7 Å². The van der Waals surface area contributed by atoms with E-state index in [0.29, 0.717) is 31.0 Å². The molecule has 24 heavy (non-hydrogen) atoms. The maximum atomic E-state index is 12.8. The molecule has 1 atom stereocenters. The van der Waals surface area contributed by atoms with Crippen molar-refractivity contribution < 1.29 is 14.1 Å². The normalized spacial score (nSPS) is 18.0. The molecule has 1 amide bonds. The third-order valence-corrected chi connectivity index (χ3v) is 5.10. The molecular weight excluding hydrogens is 326 g/mol. The molecule has 0 aliphatic carbocycles. The minimum absolute atomic E-state index is 0.0134. The van der Waals surface area contributed by atoms with Crippen LogP contribution in [0.4, 0.5) is 0 Å². The average molecular weight is 347 g/mol. The van der Waals surface area contributed by atoms with Gasteiger partial charge in [0.2, 0.25) is 0 Å². The number of hydrogen-bond donors (Lipinski definition) is 0. The predicted molar refractivity (Wildman–Crippen MR) is 91.1 cm³/mol. The number of thioether (sulfide) groups is 1. The summed E-state index contributed by atoms with van der Waals surface area (Å²) in [5, 5.41) is 4.71. The standard InChI is InChI=1S/C17H21N3O3S/c1-11-9-20(7-8-22-11)17(21)14-5-4-6-18-16(14)24-10-15-12(2)19-23-13(15)3/h4-6,11H,7-10H2,1-3H3/t11-/m1/s1. The van der Waals surface area contributed by atoms with Crippen molar-refractivity contribution in [3.05, 3.63) is 40.9 Å². The highest BCUT2D eigenvalue weighted by Crippen LogP contribution is 2.28. The summed E-state index contributed by atoms with van der Waals surface area (Å²) in [6.07, 6.45) is 1.78. The van der Waals surface area contributed by atoms with Crippen LogP contribution in [0.3, 0.4) is 0 Å². The van der Waals surface area contributed by atoms with Crippen LogP contribution >= 0.6 is 11.8 Å². The highest BCUT2D eigenvalue weighted by atomic mass is 32.2. The summed E-state index contributed by atoms with van der Waals surface area (Å²) in [6.45, 7) is 7.61. The third-order valence-electron chi connectivity index (χ3n) is 4.06. The minimum Gasteiger partial charge on any atom is -0.375 e. The van der Waals surface area contributed by atoms with E-state index in [0.717, 1.165) is 22.0 Å². The molecule has 1 saturated heterocycles. The molecule has 1 aliphatic heterocycles. The first-order valence-electron chi connectivity index (χ1n) is 7.96. The number of nitrogens with zero attached hydrogens (tertiary/aromatic N) is 3. The van der Waals surface area contributed by atoms with Gasteiger partial charge in [0, 0.05) is 30.6 Å². The summed E-state index contributed by atoms with van der Waals surface area (Å²) in [4.78, 5) is 19.1. The van der Waals surface area contributed by atoms with Crippen molar-refractivity contribution in [3.63, 3.8) is 0 Å². The largest absolute Gasteiger partial charge is 0.375 e. The van der Waals surface area contributed by atoms with E-state index in [1.807, 2.05) is 31.7 Å². The van der Waals surface area contributed by atoms with Crippen LogP contribution in [-0.2, 0) is 10.5 Å². The van der Waals surface area contributed by atoms with Gasteiger partial charge in [-0.15, -0.1) is 11.8 Å². The fourth-order valence-corrected chi connectivity index (χ4v) is 3.83. The quantitative estimate of drug-likeness (QED) is 0.792.